The lowest BCUT2D eigenvalue weighted by molar-refractivity contribution is -0.131. The number of fused-ring (bicyclic) bond motifs is 1. The summed E-state index contributed by atoms with van der Waals surface area (Å²) in [6.07, 6.45) is 0.634. The van der Waals surface area contributed by atoms with Crippen LogP contribution in [0.25, 0.3) is 22.3 Å². The van der Waals surface area contributed by atoms with Gasteiger partial charge in [0.15, 0.2) is 0 Å². The molecule has 5 rings (SSSR count). The maximum atomic E-state index is 12.7. The smallest absolute Gasteiger partial charge is 0.259 e. The second-order valence-corrected chi connectivity index (χ2v) is 8.32. The van der Waals surface area contributed by atoms with Crippen LogP contribution in [0.4, 0.5) is 5.69 Å². The van der Waals surface area contributed by atoms with Gasteiger partial charge in [0.1, 0.15) is 0 Å². The van der Waals surface area contributed by atoms with Crippen molar-refractivity contribution in [2.45, 2.75) is 19.8 Å². The molecule has 8 heteroatoms. The van der Waals surface area contributed by atoms with Gasteiger partial charge in [-0.25, -0.2) is 0 Å². The summed E-state index contributed by atoms with van der Waals surface area (Å²) in [6.45, 7) is 4.99. The average Bonchev–Trinajstić information content (AvgIpc) is 3.32. The Kier molecular flexibility index (Phi) is 5.64. The van der Waals surface area contributed by atoms with Crippen molar-refractivity contribution in [2.24, 2.45) is 0 Å². The highest BCUT2D eigenvalue weighted by molar-refractivity contribution is 5.83. The number of nitrogens with one attached hydrogen (secondary N) is 1. The molecule has 168 valence electrons. The molecule has 0 bridgehead atoms. The third kappa shape index (κ3) is 4.50. The molecular weight excluding hydrogens is 418 g/mol. The lowest BCUT2D eigenvalue weighted by Gasteiger charge is -2.36. The number of aromatic nitrogens is 3. The second-order valence-electron chi connectivity index (χ2n) is 8.32. The minimum absolute atomic E-state index is 0.0708. The van der Waals surface area contributed by atoms with Crippen LogP contribution in [0.15, 0.2) is 63.9 Å². The van der Waals surface area contributed by atoms with Crippen LogP contribution in [0.5, 0.6) is 0 Å². The molecule has 33 heavy (non-hydrogen) atoms. The molecule has 0 unspecified atom stereocenters. The second kappa shape index (κ2) is 8.90. The molecule has 1 amide bonds. The molecule has 0 saturated carbocycles. The molecule has 1 N–H and O–H groups in total. The molecule has 0 radical (unpaired) electrons. The van der Waals surface area contributed by atoms with Gasteiger partial charge in [-0.05, 0) is 42.6 Å². The van der Waals surface area contributed by atoms with E-state index in [2.05, 4.69) is 32.2 Å². The van der Waals surface area contributed by atoms with Crippen molar-refractivity contribution in [3.05, 3.63) is 76.4 Å². The highest BCUT2D eigenvalue weighted by atomic mass is 16.5. The van der Waals surface area contributed by atoms with Gasteiger partial charge < -0.3 is 19.3 Å². The van der Waals surface area contributed by atoms with Gasteiger partial charge >= 0.3 is 0 Å². The largest absolute Gasteiger partial charge is 0.368 e. The zero-order valence-corrected chi connectivity index (χ0v) is 18.5. The third-order valence-corrected chi connectivity index (χ3v) is 6.02. The number of carbonyl (C=O) groups is 1. The number of anilines is 1. The molecule has 1 aliphatic rings. The van der Waals surface area contributed by atoms with Gasteiger partial charge in [-0.1, -0.05) is 35.0 Å². The Morgan fingerprint density at radius 2 is 1.85 bits per heavy atom. The van der Waals surface area contributed by atoms with Gasteiger partial charge in [0.05, 0.1) is 5.56 Å². The molecule has 1 saturated heterocycles. The molecule has 8 nitrogen and oxygen atoms in total. The summed E-state index contributed by atoms with van der Waals surface area (Å²) < 4.78 is 5.33. The molecule has 2 aromatic heterocycles. The number of aryl methyl sites for hydroxylation is 2. The number of rotatable bonds is 5. The molecule has 3 heterocycles. The van der Waals surface area contributed by atoms with Crippen LogP contribution in [0.1, 0.15) is 17.9 Å². The van der Waals surface area contributed by atoms with E-state index < -0.39 is 0 Å². The fourth-order valence-corrected chi connectivity index (χ4v) is 4.18. The van der Waals surface area contributed by atoms with Crippen molar-refractivity contribution in [1.29, 1.82) is 0 Å². The quantitative estimate of drug-likeness (QED) is 0.509. The molecular formula is C25H25N5O3. The van der Waals surface area contributed by atoms with Crippen LogP contribution in [0.3, 0.4) is 0 Å². The molecule has 1 aliphatic heterocycles. The molecule has 0 spiro atoms. The van der Waals surface area contributed by atoms with Crippen molar-refractivity contribution in [3.63, 3.8) is 0 Å². The van der Waals surface area contributed by atoms with E-state index in [4.69, 9.17) is 4.52 Å². The van der Waals surface area contributed by atoms with Crippen LogP contribution in [-0.2, 0) is 11.2 Å². The highest BCUT2D eigenvalue weighted by Gasteiger charge is 2.22. The zero-order valence-electron chi connectivity index (χ0n) is 18.5. The van der Waals surface area contributed by atoms with E-state index >= 15 is 0 Å². The Hall–Kier alpha value is -3.94. The van der Waals surface area contributed by atoms with E-state index in [1.54, 1.807) is 6.07 Å². The first-order valence-electron chi connectivity index (χ1n) is 11.1. The summed E-state index contributed by atoms with van der Waals surface area (Å²) in [5.74, 6) is 0.657. The first kappa shape index (κ1) is 20.9. The monoisotopic (exact) mass is 443 g/mol. The van der Waals surface area contributed by atoms with E-state index in [1.807, 2.05) is 48.2 Å². The number of carbonyl (C=O) groups excluding carboxylic acids is 1. The number of nitrogens with zero attached hydrogens (tertiary/aromatic N) is 4. The molecule has 0 aliphatic carbocycles. The Labute approximate surface area is 190 Å². The SMILES string of the molecule is Cc1ccc2[nH]c(=O)c(-c3noc(CCC(=O)N4CCN(c5ccccc5)CC4)n3)cc2c1. The van der Waals surface area contributed by atoms with Gasteiger partial charge in [0.2, 0.25) is 17.6 Å². The third-order valence-electron chi connectivity index (χ3n) is 6.02. The molecule has 1 fully saturated rings. The van der Waals surface area contributed by atoms with Gasteiger partial charge in [0.25, 0.3) is 5.56 Å². The molecule has 0 atom stereocenters. The lowest BCUT2D eigenvalue weighted by Crippen LogP contribution is -2.48. The summed E-state index contributed by atoms with van der Waals surface area (Å²) in [6, 6.07) is 17.8. The van der Waals surface area contributed by atoms with Gasteiger partial charge in [-0.3, -0.25) is 9.59 Å². The van der Waals surface area contributed by atoms with Crippen LogP contribution in [-0.4, -0.2) is 52.1 Å². The van der Waals surface area contributed by atoms with Crippen molar-refractivity contribution in [2.75, 3.05) is 31.1 Å². The number of para-hydroxylation sites is 1. The van der Waals surface area contributed by atoms with Crippen molar-refractivity contribution in [1.82, 2.24) is 20.0 Å². The Balaban J connectivity index is 1.20. The number of benzene rings is 2. The maximum absolute atomic E-state index is 12.7. The minimum atomic E-state index is -0.272. The van der Waals surface area contributed by atoms with Crippen LogP contribution in [0, 0.1) is 6.92 Å². The van der Waals surface area contributed by atoms with Crippen LogP contribution < -0.4 is 10.5 Å². The first-order valence-corrected chi connectivity index (χ1v) is 11.1. The molecule has 2 aromatic carbocycles. The summed E-state index contributed by atoms with van der Waals surface area (Å²) in [5, 5.41) is 4.88. The van der Waals surface area contributed by atoms with Gasteiger partial charge in [-0.15, -0.1) is 0 Å². The Bertz CT molecular complexity index is 1340. The predicted octanol–water partition coefficient (Wildman–Crippen LogP) is 3.17. The fraction of sp³-hybridized carbons (Fsp3) is 0.280. The van der Waals surface area contributed by atoms with Crippen LogP contribution in [0.2, 0.25) is 0 Å². The van der Waals surface area contributed by atoms with E-state index in [0.29, 0.717) is 37.4 Å². The van der Waals surface area contributed by atoms with Gasteiger partial charge in [0, 0.05) is 50.2 Å². The van der Waals surface area contributed by atoms with E-state index in [9.17, 15) is 9.59 Å². The predicted molar refractivity (Wildman–Crippen MR) is 126 cm³/mol. The van der Waals surface area contributed by atoms with Gasteiger partial charge in [-0.2, -0.15) is 4.98 Å². The standard InChI is InChI=1S/C25H25N5O3/c1-17-7-8-21-18(15-17)16-20(25(32)26-21)24-27-22(33-28-24)9-10-23(31)30-13-11-29(12-14-30)19-5-3-2-4-6-19/h2-8,15-16H,9-14H2,1H3,(H,26,32). The van der Waals surface area contributed by atoms with Crippen molar-refractivity contribution < 1.29 is 9.32 Å². The van der Waals surface area contributed by atoms with E-state index in [0.717, 1.165) is 29.6 Å². The molecule has 4 aromatic rings. The van der Waals surface area contributed by atoms with E-state index in [-0.39, 0.29) is 17.3 Å². The number of hydrogen-bond donors (Lipinski definition) is 1. The summed E-state index contributed by atoms with van der Waals surface area (Å²) in [4.78, 5) is 36.6. The first-order chi connectivity index (χ1) is 16.1. The topological polar surface area (TPSA) is 95.3 Å². The van der Waals surface area contributed by atoms with Crippen LogP contribution >= 0.6 is 0 Å². The lowest BCUT2D eigenvalue weighted by atomic mass is 10.1. The number of amides is 1. The summed E-state index contributed by atoms with van der Waals surface area (Å²) in [7, 11) is 0. The average molecular weight is 444 g/mol. The number of aromatic amines is 1. The number of pyridine rings is 1. The summed E-state index contributed by atoms with van der Waals surface area (Å²) in [5.41, 5.74) is 3.12. The fourth-order valence-electron chi connectivity index (χ4n) is 4.18. The normalized spacial score (nSPS) is 14.1. The van der Waals surface area contributed by atoms with Crippen molar-refractivity contribution in [3.8, 4) is 11.4 Å². The Morgan fingerprint density at radius 1 is 1.06 bits per heavy atom. The van der Waals surface area contributed by atoms with E-state index in [1.165, 1.54) is 5.69 Å². The number of H-pyrrole nitrogens is 1. The van der Waals surface area contributed by atoms with Crippen molar-refractivity contribution >= 4 is 22.5 Å². The number of piperazine rings is 1. The minimum Gasteiger partial charge on any atom is -0.368 e. The highest BCUT2D eigenvalue weighted by Crippen LogP contribution is 2.19. The maximum Gasteiger partial charge on any atom is 0.259 e. The number of hydrogen-bond acceptors (Lipinski definition) is 6. The Morgan fingerprint density at radius 3 is 2.64 bits per heavy atom. The summed E-state index contributed by atoms with van der Waals surface area (Å²) >= 11 is 0. The zero-order chi connectivity index (χ0) is 22.8.